The zero-order valence-electron chi connectivity index (χ0n) is 16.4. The van der Waals surface area contributed by atoms with Gasteiger partial charge in [-0.15, -0.1) is 34.2 Å². The van der Waals surface area contributed by atoms with Gasteiger partial charge in [0.1, 0.15) is 23.7 Å². The van der Waals surface area contributed by atoms with Gasteiger partial charge in [-0.05, 0) is 32.8 Å². The minimum atomic E-state index is 0. The number of nitrogens with one attached hydrogen (secondary N) is 2. The lowest BCUT2D eigenvalue weighted by Crippen LogP contribution is -2.37. The van der Waals surface area contributed by atoms with Crippen LogP contribution in [0.15, 0.2) is 33.7 Å². The van der Waals surface area contributed by atoms with E-state index < -0.39 is 0 Å². The first-order valence-electron chi connectivity index (χ1n) is 9.66. The van der Waals surface area contributed by atoms with E-state index in [0.29, 0.717) is 13.1 Å². The monoisotopic (exact) mass is 494 g/mol. The minimum Gasteiger partial charge on any atom is -0.459 e. The number of fused-ring (bicyclic) bond motifs is 2. The molecule has 2 aromatic heterocycles. The van der Waals surface area contributed by atoms with Crippen LogP contribution in [0.25, 0.3) is 11.0 Å². The fourth-order valence-electron chi connectivity index (χ4n) is 3.53. The standard InChI is InChI=1S/C20H26N6O.HI/c1-3-21-20(23-13-19-25-24-18-10-6-7-11-26(18)19)22-12-17-14(2)15-8-4-5-9-16(15)27-17;/h4-5,8-9H,3,6-7,10-13H2,1-2H3,(H2,21,22,23);1H. The fourth-order valence-corrected chi connectivity index (χ4v) is 3.53. The van der Waals surface area contributed by atoms with Crippen LogP contribution in [0.3, 0.4) is 0 Å². The van der Waals surface area contributed by atoms with E-state index in [2.05, 4.69) is 45.3 Å². The third-order valence-corrected chi connectivity index (χ3v) is 5.02. The van der Waals surface area contributed by atoms with Crippen LogP contribution in [-0.2, 0) is 26.1 Å². The molecule has 0 atom stereocenters. The topological polar surface area (TPSA) is 80.3 Å². The molecule has 1 aliphatic rings. The van der Waals surface area contributed by atoms with E-state index in [1.54, 1.807) is 0 Å². The summed E-state index contributed by atoms with van der Waals surface area (Å²) in [6, 6.07) is 8.12. The maximum Gasteiger partial charge on any atom is 0.192 e. The Bertz CT molecular complexity index is 961. The van der Waals surface area contributed by atoms with Crippen LogP contribution < -0.4 is 10.6 Å². The lowest BCUT2D eigenvalue weighted by Gasteiger charge is -2.14. The van der Waals surface area contributed by atoms with E-state index in [1.807, 2.05) is 18.2 Å². The summed E-state index contributed by atoms with van der Waals surface area (Å²) in [6.45, 7) is 7.04. The Morgan fingerprint density at radius 3 is 2.89 bits per heavy atom. The summed E-state index contributed by atoms with van der Waals surface area (Å²) in [5.74, 6) is 3.70. The fraction of sp³-hybridized carbons (Fsp3) is 0.450. The number of hydrogen-bond acceptors (Lipinski definition) is 4. The van der Waals surface area contributed by atoms with Gasteiger partial charge in [-0.1, -0.05) is 18.2 Å². The Kier molecular flexibility index (Phi) is 6.93. The molecule has 2 N–H and O–H groups in total. The summed E-state index contributed by atoms with van der Waals surface area (Å²) in [4.78, 5) is 4.69. The number of aromatic nitrogens is 3. The second-order valence-electron chi connectivity index (χ2n) is 6.84. The Balaban J connectivity index is 0.00000225. The normalized spacial score (nSPS) is 13.9. The van der Waals surface area contributed by atoms with Crippen LogP contribution in [0, 0.1) is 6.92 Å². The Hall–Kier alpha value is -2.10. The molecular weight excluding hydrogens is 467 g/mol. The van der Waals surface area contributed by atoms with E-state index in [0.717, 1.165) is 53.8 Å². The highest BCUT2D eigenvalue weighted by Crippen LogP contribution is 2.24. The van der Waals surface area contributed by atoms with Gasteiger partial charge < -0.3 is 19.6 Å². The molecule has 150 valence electrons. The van der Waals surface area contributed by atoms with Crippen LogP contribution in [0.2, 0.25) is 0 Å². The van der Waals surface area contributed by atoms with Crippen molar-refractivity contribution in [1.82, 2.24) is 25.4 Å². The van der Waals surface area contributed by atoms with Crippen molar-refractivity contribution in [2.75, 3.05) is 6.54 Å². The van der Waals surface area contributed by atoms with Gasteiger partial charge in [0.25, 0.3) is 0 Å². The zero-order chi connectivity index (χ0) is 18.6. The number of aliphatic imine (C=N–C) groups is 1. The minimum absolute atomic E-state index is 0. The van der Waals surface area contributed by atoms with Crippen LogP contribution in [0.4, 0.5) is 0 Å². The third-order valence-electron chi connectivity index (χ3n) is 5.02. The summed E-state index contributed by atoms with van der Waals surface area (Å²) in [6.07, 6.45) is 3.40. The molecule has 0 bridgehead atoms. The molecule has 3 heterocycles. The molecule has 0 aliphatic carbocycles. The molecule has 0 fully saturated rings. The van der Waals surface area contributed by atoms with Crippen molar-refractivity contribution in [1.29, 1.82) is 0 Å². The van der Waals surface area contributed by atoms with E-state index in [4.69, 9.17) is 9.41 Å². The Morgan fingerprint density at radius 1 is 1.21 bits per heavy atom. The van der Waals surface area contributed by atoms with Gasteiger partial charge in [-0.3, -0.25) is 0 Å². The molecule has 1 aromatic carbocycles. The van der Waals surface area contributed by atoms with Crippen molar-refractivity contribution in [2.24, 2.45) is 4.99 Å². The van der Waals surface area contributed by atoms with Crippen molar-refractivity contribution in [3.05, 3.63) is 47.2 Å². The third kappa shape index (κ3) is 4.31. The van der Waals surface area contributed by atoms with Crippen LogP contribution in [0.1, 0.15) is 42.7 Å². The number of rotatable bonds is 5. The summed E-state index contributed by atoms with van der Waals surface area (Å²) >= 11 is 0. The van der Waals surface area contributed by atoms with Crippen LogP contribution >= 0.6 is 24.0 Å². The molecule has 0 radical (unpaired) electrons. The molecule has 0 saturated heterocycles. The average Bonchev–Trinajstić information content (AvgIpc) is 3.25. The first-order valence-corrected chi connectivity index (χ1v) is 9.66. The highest BCUT2D eigenvalue weighted by Gasteiger charge is 2.15. The number of benzene rings is 1. The first-order chi connectivity index (χ1) is 13.3. The second-order valence-corrected chi connectivity index (χ2v) is 6.84. The lowest BCUT2D eigenvalue weighted by atomic mass is 10.1. The molecule has 7 nitrogen and oxygen atoms in total. The highest BCUT2D eigenvalue weighted by atomic mass is 127. The van der Waals surface area contributed by atoms with Gasteiger partial charge in [0.15, 0.2) is 11.8 Å². The molecule has 3 aromatic rings. The number of hydrogen-bond donors (Lipinski definition) is 2. The van der Waals surface area contributed by atoms with E-state index in [1.165, 1.54) is 18.4 Å². The van der Waals surface area contributed by atoms with Gasteiger partial charge in [0.05, 0.1) is 6.54 Å². The number of furan rings is 1. The molecule has 0 spiro atoms. The maximum atomic E-state index is 5.98. The maximum absolute atomic E-state index is 5.98. The Morgan fingerprint density at radius 2 is 2.07 bits per heavy atom. The predicted octanol–water partition coefficient (Wildman–Crippen LogP) is 3.54. The lowest BCUT2D eigenvalue weighted by molar-refractivity contribution is 0.507. The Labute approximate surface area is 182 Å². The van der Waals surface area contributed by atoms with E-state index >= 15 is 0 Å². The first kappa shape index (κ1) is 20.6. The molecule has 0 amide bonds. The average molecular weight is 494 g/mol. The van der Waals surface area contributed by atoms with Gasteiger partial charge in [-0.2, -0.15) is 0 Å². The molecule has 28 heavy (non-hydrogen) atoms. The number of halogens is 1. The molecular formula is C20H27IN6O. The molecule has 4 rings (SSSR count). The number of nitrogens with zero attached hydrogens (tertiary/aromatic N) is 4. The van der Waals surface area contributed by atoms with E-state index in [9.17, 15) is 0 Å². The summed E-state index contributed by atoms with van der Waals surface area (Å²) in [5.41, 5.74) is 2.09. The van der Waals surface area contributed by atoms with Crippen molar-refractivity contribution in [2.45, 2.75) is 52.7 Å². The van der Waals surface area contributed by atoms with Crippen LogP contribution in [-0.4, -0.2) is 27.3 Å². The number of para-hydroxylation sites is 1. The summed E-state index contributed by atoms with van der Waals surface area (Å²) in [5, 5.41) is 16.4. The zero-order valence-corrected chi connectivity index (χ0v) is 18.7. The summed E-state index contributed by atoms with van der Waals surface area (Å²) < 4.78 is 8.19. The van der Waals surface area contributed by atoms with Crippen molar-refractivity contribution in [3.8, 4) is 0 Å². The van der Waals surface area contributed by atoms with Gasteiger partial charge in [0, 0.05) is 30.5 Å². The molecule has 1 aliphatic heterocycles. The van der Waals surface area contributed by atoms with Gasteiger partial charge in [0.2, 0.25) is 0 Å². The van der Waals surface area contributed by atoms with Crippen molar-refractivity contribution >= 4 is 40.9 Å². The second kappa shape index (κ2) is 9.40. The number of aryl methyl sites for hydroxylation is 2. The smallest absolute Gasteiger partial charge is 0.192 e. The van der Waals surface area contributed by atoms with E-state index in [-0.39, 0.29) is 24.0 Å². The predicted molar refractivity (Wildman–Crippen MR) is 121 cm³/mol. The highest BCUT2D eigenvalue weighted by molar-refractivity contribution is 14.0. The van der Waals surface area contributed by atoms with Crippen molar-refractivity contribution in [3.63, 3.8) is 0 Å². The van der Waals surface area contributed by atoms with Crippen LogP contribution in [0.5, 0.6) is 0 Å². The summed E-state index contributed by atoms with van der Waals surface area (Å²) in [7, 11) is 0. The van der Waals surface area contributed by atoms with Gasteiger partial charge in [-0.25, -0.2) is 4.99 Å². The quantitative estimate of drug-likeness (QED) is 0.322. The molecule has 0 unspecified atom stereocenters. The number of guanidine groups is 1. The SMILES string of the molecule is CCNC(=NCc1nnc2n1CCCC2)NCc1oc2ccccc2c1C.I. The van der Waals surface area contributed by atoms with Crippen molar-refractivity contribution < 1.29 is 4.42 Å². The molecule has 8 heteroatoms. The molecule has 0 saturated carbocycles. The van der Waals surface area contributed by atoms with Gasteiger partial charge >= 0.3 is 0 Å². The largest absolute Gasteiger partial charge is 0.459 e.